The summed E-state index contributed by atoms with van der Waals surface area (Å²) in [5, 5.41) is 9.39. The number of nitrogens with zero attached hydrogens (tertiary/aromatic N) is 3. The molecule has 3 amide bonds. The van der Waals surface area contributed by atoms with Crippen LogP contribution in [0.1, 0.15) is 27.2 Å². The van der Waals surface area contributed by atoms with E-state index in [1.165, 1.54) is 17.0 Å². The zero-order valence-electron chi connectivity index (χ0n) is 16.6. The van der Waals surface area contributed by atoms with Gasteiger partial charge in [0, 0.05) is 39.1 Å². The molecule has 2 fully saturated rings. The summed E-state index contributed by atoms with van der Waals surface area (Å²) >= 11 is 0. The van der Waals surface area contributed by atoms with Crippen molar-refractivity contribution in [3.05, 3.63) is 24.3 Å². The molecule has 0 unspecified atom stereocenters. The van der Waals surface area contributed by atoms with Gasteiger partial charge in [0.2, 0.25) is 11.8 Å². The number of phenolic OH excluding ortho intramolecular Hbond substituents is 1. The van der Waals surface area contributed by atoms with Crippen LogP contribution in [0, 0.1) is 5.92 Å². The van der Waals surface area contributed by atoms with Crippen molar-refractivity contribution < 1.29 is 24.2 Å². The van der Waals surface area contributed by atoms with Crippen LogP contribution in [0.5, 0.6) is 5.75 Å². The number of piperazine rings is 1. The predicted octanol–water partition coefficient (Wildman–Crippen LogP) is 1.82. The van der Waals surface area contributed by atoms with Gasteiger partial charge in [-0.2, -0.15) is 0 Å². The zero-order valence-corrected chi connectivity index (χ0v) is 16.6. The normalized spacial score (nSPS) is 21.3. The monoisotopic (exact) mass is 389 g/mol. The Bertz CT molecular complexity index is 748. The minimum absolute atomic E-state index is 0.0854. The first-order valence-electron chi connectivity index (χ1n) is 9.50. The quantitative estimate of drug-likeness (QED) is 0.793. The molecule has 1 aromatic carbocycles. The molecule has 8 heteroatoms. The molecular weight excluding hydrogens is 362 g/mol. The minimum atomic E-state index is -0.525. The van der Waals surface area contributed by atoms with Gasteiger partial charge in [0.15, 0.2) is 0 Å². The Morgan fingerprint density at radius 1 is 1.11 bits per heavy atom. The van der Waals surface area contributed by atoms with Crippen LogP contribution in [0.15, 0.2) is 24.3 Å². The second-order valence-corrected chi connectivity index (χ2v) is 8.25. The fourth-order valence-corrected chi connectivity index (χ4v) is 3.46. The number of amides is 3. The molecule has 2 heterocycles. The number of carbonyl (C=O) groups is 3. The Labute approximate surface area is 164 Å². The number of aromatic hydroxyl groups is 1. The standard InChI is InChI=1S/C20H27N3O5/c1-20(2,3)28-19(27)22-10-8-21(9-11-22)13-14-12-17(25)23(18(14)26)15-4-6-16(24)7-5-15/h4-7,14,24H,8-13H2,1-3H3/t14-/m1/s1. The van der Waals surface area contributed by atoms with Gasteiger partial charge in [0.1, 0.15) is 11.4 Å². The number of hydrogen-bond acceptors (Lipinski definition) is 6. The highest BCUT2D eigenvalue weighted by atomic mass is 16.6. The largest absolute Gasteiger partial charge is 0.508 e. The van der Waals surface area contributed by atoms with E-state index in [2.05, 4.69) is 4.90 Å². The number of anilines is 1. The fraction of sp³-hybridized carbons (Fsp3) is 0.550. The van der Waals surface area contributed by atoms with Gasteiger partial charge in [-0.25, -0.2) is 4.79 Å². The molecule has 0 saturated carbocycles. The van der Waals surface area contributed by atoms with Gasteiger partial charge in [0.25, 0.3) is 0 Å². The molecule has 1 aromatic rings. The summed E-state index contributed by atoms with van der Waals surface area (Å²) < 4.78 is 5.39. The summed E-state index contributed by atoms with van der Waals surface area (Å²) in [6, 6.07) is 6.04. The summed E-state index contributed by atoms with van der Waals surface area (Å²) in [4.78, 5) is 42.2. The lowest BCUT2D eigenvalue weighted by molar-refractivity contribution is -0.122. The Morgan fingerprint density at radius 2 is 1.71 bits per heavy atom. The van der Waals surface area contributed by atoms with Crippen LogP contribution in [-0.2, 0) is 14.3 Å². The van der Waals surface area contributed by atoms with E-state index >= 15 is 0 Å². The van der Waals surface area contributed by atoms with Crippen molar-refractivity contribution in [2.75, 3.05) is 37.6 Å². The lowest BCUT2D eigenvalue weighted by Crippen LogP contribution is -2.51. The maximum atomic E-state index is 12.7. The average Bonchev–Trinajstić information content (AvgIpc) is 2.89. The Hall–Kier alpha value is -2.61. The van der Waals surface area contributed by atoms with Gasteiger partial charge in [-0.15, -0.1) is 0 Å². The van der Waals surface area contributed by atoms with Crippen LogP contribution in [0.4, 0.5) is 10.5 Å². The maximum absolute atomic E-state index is 12.7. The van der Waals surface area contributed by atoms with Gasteiger partial charge >= 0.3 is 6.09 Å². The third-order valence-corrected chi connectivity index (χ3v) is 4.85. The molecule has 2 aliphatic rings. The first kappa shape index (κ1) is 20.1. The van der Waals surface area contributed by atoms with Crippen molar-refractivity contribution in [3.63, 3.8) is 0 Å². The molecule has 28 heavy (non-hydrogen) atoms. The fourth-order valence-electron chi connectivity index (χ4n) is 3.46. The van der Waals surface area contributed by atoms with Crippen LogP contribution in [0.25, 0.3) is 0 Å². The van der Waals surface area contributed by atoms with Crippen molar-refractivity contribution >= 4 is 23.6 Å². The van der Waals surface area contributed by atoms with Crippen LogP contribution in [0.2, 0.25) is 0 Å². The summed E-state index contributed by atoms with van der Waals surface area (Å²) in [5.74, 6) is -0.755. The summed E-state index contributed by atoms with van der Waals surface area (Å²) in [6.45, 7) is 8.34. The smallest absolute Gasteiger partial charge is 0.410 e. The van der Waals surface area contributed by atoms with Crippen molar-refractivity contribution in [2.45, 2.75) is 32.8 Å². The maximum Gasteiger partial charge on any atom is 0.410 e. The van der Waals surface area contributed by atoms with Crippen LogP contribution < -0.4 is 4.90 Å². The molecule has 0 bridgehead atoms. The third kappa shape index (κ3) is 4.62. The third-order valence-electron chi connectivity index (χ3n) is 4.85. The van der Waals surface area contributed by atoms with E-state index in [0.29, 0.717) is 38.4 Å². The molecule has 0 aromatic heterocycles. The van der Waals surface area contributed by atoms with E-state index in [0.717, 1.165) is 0 Å². The summed E-state index contributed by atoms with van der Waals surface area (Å²) in [7, 11) is 0. The molecule has 0 aliphatic carbocycles. The summed E-state index contributed by atoms with van der Waals surface area (Å²) in [6.07, 6.45) is -0.149. The van der Waals surface area contributed by atoms with Gasteiger partial charge in [-0.3, -0.25) is 19.4 Å². The summed E-state index contributed by atoms with van der Waals surface area (Å²) in [5.41, 5.74) is -0.0484. The highest BCUT2D eigenvalue weighted by Crippen LogP contribution is 2.28. The second kappa shape index (κ2) is 7.79. The Kier molecular flexibility index (Phi) is 5.60. The number of benzene rings is 1. The first-order valence-corrected chi connectivity index (χ1v) is 9.50. The van der Waals surface area contributed by atoms with E-state index in [-0.39, 0.29) is 30.1 Å². The van der Waals surface area contributed by atoms with E-state index in [4.69, 9.17) is 4.74 Å². The molecular formula is C20H27N3O5. The lowest BCUT2D eigenvalue weighted by atomic mass is 10.1. The van der Waals surface area contributed by atoms with E-state index in [1.807, 2.05) is 20.8 Å². The molecule has 0 spiro atoms. The zero-order chi connectivity index (χ0) is 20.5. The average molecular weight is 389 g/mol. The first-order chi connectivity index (χ1) is 13.1. The number of rotatable bonds is 3. The molecule has 2 aliphatic heterocycles. The minimum Gasteiger partial charge on any atom is -0.508 e. The molecule has 3 rings (SSSR count). The number of phenols is 1. The van der Waals surface area contributed by atoms with E-state index in [1.54, 1.807) is 17.0 Å². The van der Waals surface area contributed by atoms with Crippen LogP contribution in [0.3, 0.4) is 0 Å². The number of carbonyl (C=O) groups excluding carboxylic acids is 3. The predicted molar refractivity (Wildman–Crippen MR) is 103 cm³/mol. The van der Waals surface area contributed by atoms with Gasteiger partial charge in [-0.1, -0.05) is 0 Å². The highest BCUT2D eigenvalue weighted by molar-refractivity contribution is 6.21. The van der Waals surface area contributed by atoms with Gasteiger partial charge < -0.3 is 14.7 Å². The Morgan fingerprint density at radius 3 is 2.29 bits per heavy atom. The van der Waals surface area contributed by atoms with E-state index < -0.39 is 11.5 Å². The number of imide groups is 1. The van der Waals surface area contributed by atoms with Gasteiger partial charge in [-0.05, 0) is 45.0 Å². The number of hydrogen-bond donors (Lipinski definition) is 1. The van der Waals surface area contributed by atoms with E-state index in [9.17, 15) is 19.5 Å². The Balaban J connectivity index is 1.54. The topological polar surface area (TPSA) is 90.4 Å². The second-order valence-electron chi connectivity index (χ2n) is 8.25. The number of ether oxygens (including phenoxy) is 1. The molecule has 0 radical (unpaired) electrons. The molecule has 2 saturated heterocycles. The van der Waals surface area contributed by atoms with Crippen LogP contribution in [-0.4, -0.2) is 71.1 Å². The molecule has 1 N–H and O–H groups in total. The van der Waals surface area contributed by atoms with Crippen molar-refractivity contribution in [1.82, 2.24) is 9.80 Å². The van der Waals surface area contributed by atoms with Crippen molar-refractivity contribution in [1.29, 1.82) is 0 Å². The SMILES string of the molecule is CC(C)(C)OC(=O)N1CCN(C[C@H]2CC(=O)N(c3ccc(O)cc3)C2=O)CC1. The highest BCUT2D eigenvalue weighted by Gasteiger charge is 2.40. The van der Waals surface area contributed by atoms with Crippen molar-refractivity contribution in [2.24, 2.45) is 5.92 Å². The molecule has 8 nitrogen and oxygen atoms in total. The molecule has 152 valence electrons. The van der Waals surface area contributed by atoms with Crippen molar-refractivity contribution in [3.8, 4) is 5.75 Å². The lowest BCUT2D eigenvalue weighted by Gasteiger charge is -2.36. The van der Waals surface area contributed by atoms with Gasteiger partial charge in [0.05, 0.1) is 11.6 Å². The van der Waals surface area contributed by atoms with Crippen LogP contribution >= 0.6 is 0 Å². The molecule has 1 atom stereocenters.